The fraction of sp³-hybridized carbons (Fsp3) is 0.368. The van der Waals surface area contributed by atoms with E-state index in [1.165, 1.54) is 23.1 Å². The standard InChI is InChI=1S/C19H21N5O3S3/c1-12(17(25)21-18-20-15(10-28-18)13-6-4-3-5-7-13)29-19-23-22-16(24(19)2)14-8-9-30(26,27)11-14/h3-7,10,12,14H,8-9,11H2,1-2H3,(H,20,21,25). The van der Waals surface area contributed by atoms with Crippen molar-refractivity contribution in [1.82, 2.24) is 19.7 Å². The summed E-state index contributed by atoms with van der Waals surface area (Å²) in [7, 11) is -1.19. The maximum atomic E-state index is 12.6. The number of thiazole rings is 1. The number of aromatic nitrogens is 4. The van der Waals surface area contributed by atoms with Gasteiger partial charge in [0.2, 0.25) is 5.91 Å². The Morgan fingerprint density at radius 3 is 2.77 bits per heavy atom. The van der Waals surface area contributed by atoms with Gasteiger partial charge in [0.05, 0.1) is 22.4 Å². The molecule has 0 saturated carbocycles. The van der Waals surface area contributed by atoms with Crippen molar-refractivity contribution >= 4 is 44.0 Å². The summed E-state index contributed by atoms with van der Waals surface area (Å²) in [6.45, 7) is 1.79. The molecule has 1 aromatic carbocycles. The number of nitrogens with one attached hydrogen (secondary N) is 1. The Kier molecular flexibility index (Phi) is 5.94. The predicted molar refractivity (Wildman–Crippen MR) is 119 cm³/mol. The lowest BCUT2D eigenvalue weighted by Crippen LogP contribution is -2.22. The minimum absolute atomic E-state index is 0.105. The molecule has 0 spiro atoms. The molecule has 2 atom stereocenters. The van der Waals surface area contributed by atoms with Gasteiger partial charge in [-0.25, -0.2) is 13.4 Å². The van der Waals surface area contributed by atoms with Gasteiger partial charge in [-0.2, -0.15) is 0 Å². The summed E-state index contributed by atoms with van der Waals surface area (Å²) in [5.74, 6) is 0.621. The molecule has 1 saturated heterocycles. The largest absolute Gasteiger partial charge is 0.309 e. The lowest BCUT2D eigenvalue weighted by Gasteiger charge is -2.11. The maximum Gasteiger partial charge on any atom is 0.239 e. The van der Waals surface area contributed by atoms with Crippen LogP contribution in [0.15, 0.2) is 40.9 Å². The van der Waals surface area contributed by atoms with Crippen LogP contribution in [0.2, 0.25) is 0 Å². The number of benzene rings is 1. The number of carbonyl (C=O) groups excluding carboxylic acids is 1. The Bertz CT molecular complexity index is 1160. The molecule has 1 amide bonds. The Labute approximate surface area is 183 Å². The van der Waals surface area contributed by atoms with E-state index in [9.17, 15) is 13.2 Å². The minimum Gasteiger partial charge on any atom is -0.309 e. The summed E-state index contributed by atoms with van der Waals surface area (Å²) in [4.78, 5) is 17.1. The Morgan fingerprint density at radius 2 is 2.07 bits per heavy atom. The Morgan fingerprint density at radius 1 is 1.30 bits per heavy atom. The van der Waals surface area contributed by atoms with Gasteiger partial charge in [0.15, 0.2) is 20.1 Å². The smallest absolute Gasteiger partial charge is 0.239 e. The van der Waals surface area contributed by atoms with Gasteiger partial charge in [0.25, 0.3) is 0 Å². The highest BCUT2D eigenvalue weighted by molar-refractivity contribution is 8.00. The molecule has 3 aromatic rings. The molecule has 30 heavy (non-hydrogen) atoms. The highest BCUT2D eigenvalue weighted by atomic mass is 32.2. The number of hydrogen-bond donors (Lipinski definition) is 1. The highest BCUT2D eigenvalue weighted by Gasteiger charge is 2.33. The molecular weight excluding hydrogens is 442 g/mol. The van der Waals surface area contributed by atoms with Crippen molar-refractivity contribution in [2.75, 3.05) is 16.8 Å². The van der Waals surface area contributed by atoms with Gasteiger partial charge in [-0.3, -0.25) is 4.79 Å². The van der Waals surface area contributed by atoms with Crippen molar-refractivity contribution < 1.29 is 13.2 Å². The lowest BCUT2D eigenvalue weighted by molar-refractivity contribution is -0.115. The predicted octanol–water partition coefficient (Wildman–Crippen LogP) is 2.96. The van der Waals surface area contributed by atoms with Gasteiger partial charge >= 0.3 is 0 Å². The van der Waals surface area contributed by atoms with Crippen LogP contribution >= 0.6 is 23.1 Å². The molecule has 2 aromatic heterocycles. The van der Waals surface area contributed by atoms with Crippen molar-refractivity contribution in [1.29, 1.82) is 0 Å². The summed E-state index contributed by atoms with van der Waals surface area (Å²) in [6, 6.07) is 9.78. The van der Waals surface area contributed by atoms with Crippen molar-refractivity contribution in [2.24, 2.45) is 7.05 Å². The number of sulfone groups is 1. The molecule has 0 bridgehead atoms. The third-order valence-corrected chi connectivity index (χ3v) is 8.58. The van der Waals surface area contributed by atoms with Crippen LogP contribution in [0.25, 0.3) is 11.3 Å². The van der Waals surface area contributed by atoms with E-state index in [-0.39, 0.29) is 23.3 Å². The van der Waals surface area contributed by atoms with Crippen LogP contribution in [-0.4, -0.2) is 50.8 Å². The molecular formula is C19H21N5O3S3. The van der Waals surface area contributed by atoms with E-state index >= 15 is 0 Å². The summed E-state index contributed by atoms with van der Waals surface area (Å²) >= 11 is 2.66. The average molecular weight is 464 g/mol. The average Bonchev–Trinajstić information content (AvgIpc) is 3.42. The number of nitrogens with zero attached hydrogens (tertiary/aromatic N) is 4. The lowest BCUT2D eigenvalue weighted by atomic mass is 10.1. The number of anilines is 1. The van der Waals surface area contributed by atoms with Crippen LogP contribution in [0.3, 0.4) is 0 Å². The van der Waals surface area contributed by atoms with Gasteiger partial charge in [0, 0.05) is 23.9 Å². The quantitative estimate of drug-likeness (QED) is 0.560. The van der Waals surface area contributed by atoms with Crippen molar-refractivity contribution in [3.63, 3.8) is 0 Å². The molecule has 4 rings (SSSR count). The molecule has 158 valence electrons. The van der Waals surface area contributed by atoms with E-state index in [0.29, 0.717) is 22.5 Å². The zero-order valence-corrected chi connectivity index (χ0v) is 18.9. The molecule has 1 fully saturated rings. The molecule has 1 aliphatic heterocycles. The van der Waals surface area contributed by atoms with Gasteiger partial charge < -0.3 is 9.88 Å². The summed E-state index contributed by atoms with van der Waals surface area (Å²) in [5, 5.41) is 13.8. The van der Waals surface area contributed by atoms with E-state index in [1.807, 2.05) is 35.7 Å². The zero-order valence-electron chi connectivity index (χ0n) is 16.5. The molecule has 11 heteroatoms. The third-order valence-electron chi connectivity index (χ3n) is 4.92. The van der Waals surface area contributed by atoms with Crippen LogP contribution in [0.1, 0.15) is 25.1 Å². The number of thioether (sulfide) groups is 1. The number of hydrogen-bond acceptors (Lipinski definition) is 8. The molecule has 1 N–H and O–H groups in total. The van der Waals surface area contributed by atoms with E-state index in [4.69, 9.17) is 0 Å². The molecule has 0 aliphatic carbocycles. The topological polar surface area (TPSA) is 107 Å². The van der Waals surface area contributed by atoms with Crippen LogP contribution in [0.4, 0.5) is 5.13 Å². The first-order chi connectivity index (χ1) is 14.3. The molecule has 8 nitrogen and oxygen atoms in total. The molecule has 1 aliphatic rings. The van der Waals surface area contributed by atoms with Crippen LogP contribution in [0.5, 0.6) is 0 Å². The fourth-order valence-electron chi connectivity index (χ4n) is 3.27. The molecule has 3 heterocycles. The molecule has 0 radical (unpaired) electrons. The van der Waals surface area contributed by atoms with E-state index < -0.39 is 15.1 Å². The van der Waals surface area contributed by atoms with Gasteiger partial charge in [-0.1, -0.05) is 42.1 Å². The normalized spacial score (nSPS) is 18.9. The molecule has 2 unspecified atom stereocenters. The Balaban J connectivity index is 1.39. The van der Waals surface area contributed by atoms with Crippen LogP contribution in [0, 0.1) is 0 Å². The SMILES string of the molecule is CC(Sc1nnc(C2CCS(=O)(=O)C2)n1C)C(=O)Nc1nc(-c2ccccc2)cs1. The second-order valence-corrected chi connectivity index (χ2v) is 11.5. The van der Waals surface area contributed by atoms with Crippen molar-refractivity contribution in [3.05, 3.63) is 41.5 Å². The van der Waals surface area contributed by atoms with E-state index in [2.05, 4.69) is 20.5 Å². The van der Waals surface area contributed by atoms with Crippen molar-refractivity contribution in [3.8, 4) is 11.3 Å². The summed E-state index contributed by atoms with van der Waals surface area (Å²) in [6.07, 6.45) is 0.558. The van der Waals surface area contributed by atoms with Gasteiger partial charge in [0.1, 0.15) is 5.82 Å². The van der Waals surface area contributed by atoms with Gasteiger partial charge in [-0.05, 0) is 13.3 Å². The fourth-order valence-corrected chi connectivity index (χ4v) is 6.56. The van der Waals surface area contributed by atoms with Crippen LogP contribution < -0.4 is 5.32 Å². The second kappa shape index (κ2) is 8.48. The van der Waals surface area contributed by atoms with E-state index in [1.54, 1.807) is 18.5 Å². The Hall–Kier alpha value is -2.24. The first-order valence-corrected chi connectivity index (χ1v) is 13.0. The highest BCUT2D eigenvalue weighted by Crippen LogP contribution is 2.31. The third kappa shape index (κ3) is 4.57. The minimum atomic E-state index is -3.00. The first-order valence-electron chi connectivity index (χ1n) is 9.40. The summed E-state index contributed by atoms with van der Waals surface area (Å²) in [5.41, 5.74) is 1.82. The number of rotatable bonds is 6. The second-order valence-electron chi connectivity index (χ2n) is 7.15. The van der Waals surface area contributed by atoms with Crippen LogP contribution in [-0.2, 0) is 21.7 Å². The maximum absolute atomic E-state index is 12.6. The van der Waals surface area contributed by atoms with E-state index in [0.717, 1.165) is 11.3 Å². The first kappa shape index (κ1) is 21.0. The summed E-state index contributed by atoms with van der Waals surface area (Å²) < 4.78 is 25.3. The number of carbonyl (C=O) groups is 1. The van der Waals surface area contributed by atoms with Gasteiger partial charge in [-0.15, -0.1) is 21.5 Å². The van der Waals surface area contributed by atoms with Crippen molar-refractivity contribution in [2.45, 2.75) is 29.7 Å². The monoisotopic (exact) mass is 463 g/mol. The number of amides is 1. The zero-order chi connectivity index (χ0) is 21.3.